The van der Waals surface area contributed by atoms with Crippen LogP contribution < -0.4 is 5.69 Å². The van der Waals surface area contributed by atoms with Gasteiger partial charge in [0.25, 0.3) is 0 Å². The number of alkyl halides is 3. The van der Waals surface area contributed by atoms with E-state index in [-0.39, 0.29) is 11.4 Å². The van der Waals surface area contributed by atoms with Crippen molar-refractivity contribution in [1.82, 2.24) is 28.6 Å². The molecule has 4 heterocycles. The third-order valence-corrected chi connectivity index (χ3v) is 8.43. The van der Waals surface area contributed by atoms with Gasteiger partial charge in [0.05, 0.1) is 16.8 Å². The standard InChI is InChI=1S/C29H33F3N6O/c1-19-6-5-11-36(14-19)15-20-12-24(29(30,31)32)25-17-37(28(39)38(25)16-20)23-10-4-9-22(13-23)26(21-7-3-8-21)27-34-33-18-35(27)2/h4,9-10,12-13,16-19,21,26H,3,5-8,11,14-15H2,1-2H3/t19-,26-/m0/s1. The van der Waals surface area contributed by atoms with E-state index >= 15 is 0 Å². The third kappa shape index (κ3) is 4.90. The molecule has 206 valence electrons. The Bertz CT molecular complexity index is 1550. The van der Waals surface area contributed by atoms with Crippen LogP contribution in [-0.4, -0.2) is 41.7 Å². The number of aromatic nitrogens is 5. The monoisotopic (exact) mass is 538 g/mol. The van der Waals surface area contributed by atoms with Crippen molar-refractivity contribution < 1.29 is 13.2 Å². The Labute approximate surface area is 224 Å². The van der Waals surface area contributed by atoms with Gasteiger partial charge in [-0.2, -0.15) is 13.2 Å². The van der Waals surface area contributed by atoms with E-state index in [2.05, 4.69) is 22.0 Å². The molecule has 0 N–H and O–H groups in total. The van der Waals surface area contributed by atoms with Gasteiger partial charge in [0.15, 0.2) is 0 Å². The molecule has 7 nitrogen and oxygen atoms in total. The number of hydrogen-bond donors (Lipinski definition) is 0. The molecule has 1 aliphatic heterocycles. The summed E-state index contributed by atoms with van der Waals surface area (Å²) < 4.78 is 47.1. The van der Waals surface area contributed by atoms with Crippen molar-refractivity contribution in [3.8, 4) is 5.69 Å². The topological polar surface area (TPSA) is 60.4 Å². The largest absolute Gasteiger partial charge is 0.418 e. The zero-order valence-corrected chi connectivity index (χ0v) is 22.2. The van der Waals surface area contributed by atoms with E-state index in [9.17, 15) is 18.0 Å². The van der Waals surface area contributed by atoms with E-state index in [4.69, 9.17) is 0 Å². The summed E-state index contributed by atoms with van der Waals surface area (Å²) in [6.07, 6.45) is 5.44. The summed E-state index contributed by atoms with van der Waals surface area (Å²) in [5, 5.41) is 8.43. The van der Waals surface area contributed by atoms with E-state index in [1.807, 2.05) is 29.8 Å². The third-order valence-electron chi connectivity index (χ3n) is 8.43. The SMILES string of the molecule is C[C@H]1CCCN(Cc2cc(C(F)(F)F)c3cn(-c4cccc([C@@H](c5nncn5C)C5CCC5)c4)c(=O)n3c2)C1. The van der Waals surface area contributed by atoms with E-state index in [0.29, 0.717) is 29.6 Å². The Hall–Kier alpha value is -3.40. The smallest absolute Gasteiger partial charge is 0.320 e. The van der Waals surface area contributed by atoms with E-state index in [0.717, 1.165) is 61.0 Å². The highest BCUT2D eigenvalue weighted by Gasteiger charge is 2.35. The van der Waals surface area contributed by atoms with Crippen LogP contribution in [0.4, 0.5) is 13.2 Å². The number of likely N-dealkylation sites (tertiary alicyclic amines) is 1. The van der Waals surface area contributed by atoms with Crippen LogP contribution in [0.25, 0.3) is 11.2 Å². The number of fused-ring (bicyclic) bond motifs is 1. The Morgan fingerprint density at radius 1 is 1.10 bits per heavy atom. The molecule has 0 bridgehead atoms. The highest BCUT2D eigenvalue weighted by molar-refractivity contribution is 5.58. The minimum Gasteiger partial charge on any atom is -0.320 e. The van der Waals surface area contributed by atoms with Crippen LogP contribution in [0.5, 0.6) is 0 Å². The fourth-order valence-corrected chi connectivity index (χ4v) is 6.28. The van der Waals surface area contributed by atoms with Gasteiger partial charge in [0, 0.05) is 38.4 Å². The molecule has 1 saturated carbocycles. The van der Waals surface area contributed by atoms with Crippen LogP contribution in [0.2, 0.25) is 0 Å². The molecule has 4 aromatic rings. The Morgan fingerprint density at radius 3 is 2.59 bits per heavy atom. The summed E-state index contributed by atoms with van der Waals surface area (Å²) in [7, 11) is 1.91. The quantitative estimate of drug-likeness (QED) is 0.330. The van der Waals surface area contributed by atoms with Crippen molar-refractivity contribution in [2.45, 2.75) is 57.7 Å². The summed E-state index contributed by atoms with van der Waals surface area (Å²) in [6.45, 7) is 4.24. The van der Waals surface area contributed by atoms with Gasteiger partial charge < -0.3 is 4.57 Å². The normalized spacial score (nSPS) is 19.9. The van der Waals surface area contributed by atoms with Crippen molar-refractivity contribution in [3.63, 3.8) is 0 Å². The lowest BCUT2D eigenvalue weighted by molar-refractivity contribution is -0.136. The molecule has 1 aromatic carbocycles. The van der Waals surface area contributed by atoms with Crippen LogP contribution >= 0.6 is 0 Å². The average Bonchev–Trinajstić information content (AvgIpc) is 3.43. The molecule has 0 unspecified atom stereocenters. The number of nitrogens with zero attached hydrogens (tertiary/aromatic N) is 6. The zero-order chi connectivity index (χ0) is 27.3. The van der Waals surface area contributed by atoms with Crippen LogP contribution in [0.15, 0.2) is 53.8 Å². The summed E-state index contributed by atoms with van der Waals surface area (Å²) in [5.41, 5.74) is 0.560. The van der Waals surface area contributed by atoms with E-state index in [1.54, 1.807) is 18.6 Å². The molecule has 0 spiro atoms. The molecule has 0 radical (unpaired) electrons. The predicted octanol–water partition coefficient (Wildman–Crippen LogP) is 5.40. The first-order valence-electron chi connectivity index (χ1n) is 13.7. The molecule has 39 heavy (non-hydrogen) atoms. The van der Waals surface area contributed by atoms with Gasteiger partial charge in [-0.1, -0.05) is 25.5 Å². The molecule has 1 saturated heterocycles. The van der Waals surface area contributed by atoms with Gasteiger partial charge in [0.1, 0.15) is 12.2 Å². The van der Waals surface area contributed by atoms with Gasteiger partial charge in [-0.05, 0) is 73.4 Å². The van der Waals surface area contributed by atoms with Crippen molar-refractivity contribution in [1.29, 1.82) is 0 Å². The van der Waals surface area contributed by atoms with Crippen LogP contribution in [-0.2, 0) is 19.8 Å². The molecule has 2 fully saturated rings. The minimum absolute atomic E-state index is 0.00297. The lowest BCUT2D eigenvalue weighted by Gasteiger charge is -2.33. The molecular formula is C29H33F3N6O. The van der Waals surface area contributed by atoms with Crippen molar-refractivity contribution >= 4 is 5.52 Å². The van der Waals surface area contributed by atoms with Crippen molar-refractivity contribution in [2.75, 3.05) is 13.1 Å². The summed E-state index contributed by atoms with van der Waals surface area (Å²) in [5.74, 6) is 1.77. The number of piperidine rings is 1. The van der Waals surface area contributed by atoms with Gasteiger partial charge in [0.2, 0.25) is 0 Å². The molecule has 2 aliphatic rings. The van der Waals surface area contributed by atoms with Crippen molar-refractivity contribution in [3.05, 3.63) is 82.1 Å². The molecule has 6 rings (SSSR count). The zero-order valence-electron chi connectivity index (χ0n) is 22.2. The maximum Gasteiger partial charge on any atom is 0.418 e. The van der Waals surface area contributed by atoms with Crippen LogP contribution in [0.3, 0.4) is 0 Å². The maximum absolute atomic E-state index is 14.2. The van der Waals surface area contributed by atoms with E-state index in [1.165, 1.54) is 16.8 Å². The first-order chi connectivity index (χ1) is 18.7. The number of hydrogen-bond acceptors (Lipinski definition) is 4. The highest BCUT2D eigenvalue weighted by Crippen LogP contribution is 2.43. The fraction of sp³-hybridized carbons (Fsp3) is 0.483. The molecule has 3 aromatic heterocycles. The number of halogens is 3. The molecular weight excluding hydrogens is 505 g/mol. The Kier molecular flexibility index (Phi) is 6.61. The number of pyridine rings is 1. The van der Waals surface area contributed by atoms with Gasteiger partial charge in [-0.15, -0.1) is 10.2 Å². The van der Waals surface area contributed by atoms with Crippen molar-refractivity contribution in [2.24, 2.45) is 18.9 Å². The molecule has 1 aliphatic carbocycles. The highest BCUT2D eigenvalue weighted by atomic mass is 19.4. The minimum atomic E-state index is -4.59. The second-order valence-electron chi connectivity index (χ2n) is 11.3. The number of benzene rings is 1. The predicted molar refractivity (Wildman–Crippen MR) is 142 cm³/mol. The van der Waals surface area contributed by atoms with E-state index < -0.39 is 17.4 Å². The Morgan fingerprint density at radius 2 is 1.92 bits per heavy atom. The number of rotatable bonds is 6. The molecule has 0 amide bonds. The second kappa shape index (κ2) is 9.97. The molecule has 2 atom stereocenters. The summed E-state index contributed by atoms with van der Waals surface area (Å²) in [6, 6.07) is 8.73. The second-order valence-corrected chi connectivity index (χ2v) is 11.3. The number of imidazole rings is 1. The lowest BCUT2D eigenvalue weighted by Crippen LogP contribution is -2.34. The first-order valence-corrected chi connectivity index (χ1v) is 13.7. The summed E-state index contributed by atoms with van der Waals surface area (Å²) in [4.78, 5) is 15.8. The maximum atomic E-state index is 14.2. The first kappa shape index (κ1) is 25.9. The van der Waals surface area contributed by atoms with Gasteiger partial charge >= 0.3 is 11.9 Å². The fourth-order valence-electron chi connectivity index (χ4n) is 6.28. The summed E-state index contributed by atoms with van der Waals surface area (Å²) >= 11 is 0. The molecule has 10 heteroatoms. The van der Waals surface area contributed by atoms with Gasteiger partial charge in [-0.25, -0.2) is 4.79 Å². The average molecular weight is 539 g/mol. The van der Waals surface area contributed by atoms with Crippen LogP contribution in [0.1, 0.15) is 67.5 Å². The van der Waals surface area contributed by atoms with Crippen LogP contribution in [0, 0.1) is 11.8 Å². The van der Waals surface area contributed by atoms with Gasteiger partial charge in [-0.3, -0.25) is 13.9 Å². The lowest BCUT2D eigenvalue weighted by atomic mass is 9.72. The number of aryl methyl sites for hydroxylation is 1. The Balaban J connectivity index is 1.42.